The molecule has 0 saturated carbocycles. The summed E-state index contributed by atoms with van der Waals surface area (Å²) in [7, 11) is -2.79. The zero-order valence-corrected chi connectivity index (χ0v) is 25.5. The number of nitrogens with zero attached hydrogens (tertiary/aromatic N) is 7. The number of aliphatic hydroxyl groups is 1. The second-order valence-electron chi connectivity index (χ2n) is 8.30. The summed E-state index contributed by atoms with van der Waals surface area (Å²) in [4.78, 5) is 17.2. The number of hydrogen-bond acceptors (Lipinski definition) is 13. The SMILES string of the molecule is COc1ccccc1Oc1c(NS(=O)(=O)c2ccc(C)cn2)nc(-c2ccnc(-c3nn[nH]n3)c2)nc1OCCO.[H-].[Na+]. The Morgan fingerprint density at radius 2 is 1.86 bits per heavy atom. The molecular weight excluding hydrogens is 577 g/mol. The van der Waals surface area contributed by atoms with E-state index in [1.807, 2.05) is 0 Å². The average molecular weight is 602 g/mol. The van der Waals surface area contributed by atoms with E-state index in [-0.39, 0.29) is 84.1 Å². The fraction of sp³-hybridized carbons (Fsp3) is 0.160. The molecule has 4 aromatic heterocycles. The molecule has 4 heterocycles. The Morgan fingerprint density at radius 1 is 1.05 bits per heavy atom. The van der Waals surface area contributed by atoms with Gasteiger partial charge in [-0.1, -0.05) is 18.2 Å². The van der Waals surface area contributed by atoms with Gasteiger partial charge in [-0.25, -0.2) is 9.97 Å². The second kappa shape index (κ2) is 13.6. The maximum Gasteiger partial charge on any atom is 1.00 e. The number of nitrogens with one attached hydrogen (secondary N) is 2. The van der Waals surface area contributed by atoms with Crippen molar-refractivity contribution in [1.82, 2.24) is 40.6 Å². The predicted octanol–water partition coefficient (Wildman–Crippen LogP) is -0.489. The summed E-state index contributed by atoms with van der Waals surface area (Å²) in [5.41, 5.74) is 1.56. The normalized spacial score (nSPS) is 10.9. The quantitative estimate of drug-likeness (QED) is 0.164. The number of anilines is 1. The van der Waals surface area contributed by atoms with Crippen LogP contribution in [0.3, 0.4) is 0 Å². The smallest absolute Gasteiger partial charge is 1.00 e. The van der Waals surface area contributed by atoms with Crippen molar-refractivity contribution < 1.29 is 58.7 Å². The number of ether oxygens (including phenoxy) is 3. The monoisotopic (exact) mass is 601 g/mol. The van der Waals surface area contributed by atoms with Gasteiger partial charge in [0, 0.05) is 18.0 Å². The fourth-order valence-electron chi connectivity index (χ4n) is 3.53. The molecule has 212 valence electrons. The van der Waals surface area contributed by atoms with Crippen LogP contribution in [0.5, 0.6) is 23.1 Å². The fourth-order valence-corrected chi connectivity index (χ4v) is 4.46. The van der Waals surface area contributed by atoms with E-state index in [2.05, 4.69) is 45.3 Å². The van der Waals surface area contributed by atoms with Crippen LogP contribution < -0.4 is 48.5 Å². The van der Waals surface area contributed by atoms with Gasteiger partial charge >= 0.3 is 29.6 Å². The van der Waals surface area contributed by atoms with E-state index in [1.54, 1.807) is 49.4 Å². The maximum atomic E-state index is 13.4. The molecule has 5 rings (SSSR count). The number of aromatic amines is 1. The summed E-state index contributed by atoms with van der Waals surface area (Å²) in [6.45, 7) is 1.27. The number of aromatic nitrogens is 8. The molecule has 3 N–H and O–H groups in total. The Labute approximate surface area is 263 Å². The van der Waals surface area contributed by atoms with E-state index in [9.17, 15) is 13.5 Å². The molecule has 0 atom stereocenters. The third-order valence-electron chi connectivity index (χ3n) is 5.43. The van der Waals surface area contributed by atoms with Crippen molar-refractivity contribution >= 4 is 15.8 Å². The minimum absolute atomic E-state index is 0. The van der Waals surface area contributed by atoms with Crippen LogP contribution in [0.2, 0.25) is 0 Å². The standard InChI is InChI=1S/C25H23N9O6S.Na.H/c1-15-7-8-20(27-14-15)41(36,37)32-24-21(40-19-6-4-3-5-18(19)38-2)25(39-12-11-35)29-22(28-24)16-9-10-26-17(13-16)23-30-33-34-31-23;;/h3-10,13-14,35H,11-12H2,1-2H3,(H,28,29,32)(H,30,31,33,34);;/q;+1;-1. The van der Waals surface area contributed by atoms with Crippen LogP contribution in [0.25, 0.3) is 22.9 Å². The molecule has 17 heteroatoms. The minimum atomic E-state index is -4.25. The molecule has 0 unspecified atom stereocenters. The summed E-state index contributed by atoms with van der Waals surface area (Å²) in [6.07, 6.45) is 2.91. The number of benzene rings is 1. The number of methoxy groups -OCH3 is 1. The largest absolute Gasteiger partial charge is 1.00 e. The summed E-state index contributed by atoms with van der Waals surface area (Å²) >= 11 is 0. The first kappa shape index (κ1) is 30.7. The van der Waals surface area contributed by atoms with Gasteiger partial charge in [-0.3, -0.25) is 9.71 Å². The van der Waals surface area contributed by atoms with Crippen LogP contribution in [-0.4, -0.2) is 74.4 Å². The van der Waals surface area contributed by atoms with Crippen molar-refractivity contribution in [3.05, 3.63) is 66.5 Å². The van der Waals surface area contributed by atoms with Gasteiger partial charge < -0.3 is 20.7 Å². The molecule has 0 spiro atoms. The third kappa shape index (κ3) is 6.97. The van der Waals surface area contributed by atoms with Crippen LogP contribution in [0.4, 0.5) is 5.82 Å². The van der Waals surface area contributed by atoms with Crippen molar-refractivity contribution in [3.8, 4) is 46.0 Å². The van der Waals surface area contributed by atoms with Crippen molar-refractivity contribution in [3.63, 3.8) is 0 Å². The van der Waals surface area contributed by atoms with Gasteiger partial charge in [0.15, 0.2) is 28.2 Å². The molecule has 0 radical (unpaired) electrons. The van der Waals surface area contributed by atoms with Gasteiger partial charge in [0.25, 0.3) is 15.9 Å². The molecule has 0 aliphatic heterocycles. The van der Waals surface area contributed by atoms with E-state index in [1.165, 1.54) is 25.6 Å². The van der Waals surface area contributed by atoms with Crippen molar-refractivity contribution in [2.75, 3.05) is 25.0 Å². The predicted molar refractivity (Wildman–Crippen MR) is 145 cm³/mol. The Kier molecular flexibility index (Phi) is 9.97. The molecule has 0 amide bonds. The first-order valence-electron chi connectivity index (χ1n) is 12.0. The molecule has 1 aromatic carbocycles. The molecule has 42 heavy (non-hydrogen) atoms. The Bertz CT molecular complexity index is 1760. The number of sulfonamides is 1. The van der Waals surface area contributed by atoms with Gasteiger partial charge in [0.2, 0.25) is 11.6 Å². The van der Waals surface area contributed by atoms with Gasteiger partial charge in [-0.05, 0) is 48.0 Å². The number of rotatable bonds is 11. The van der Waals surface area contributed by atoms with Crippen LogP contribution >= 0.6 is 0 Å². The number of tetrazole rings is 1. The number of para-hydroxylation sites is 2. The van der Waals surface area contributed by atoms with Crippen LogP contribution in [0.15, 0.2) is 66.0 Å². The summed E-state index contributed by atoms with van der Waals surface area (Å²) < 4.78 is 46.4. The van der Waals surface area contributed by atoms with E-state index in [0.717, 1.165) is 5.56 Å². The number of aryl methyl sites for hydroxylation is 1. The molecule has 0 saturated heterocycles. The molecule has 5 aromatic rings. The summed E-state index contributed by atoms with van der Waals surface area (Å²) in [5.74, 6) is 0.291. The van der Waals surface area contributed by atoms with E-state index in [0.29, 0.717) is 17.0 Å². The molecule has 0 fully saturated rings. The van der Waals surface area contributed by atoms with Crippen LogP contribution in [-0.2, 0) is 10.0 Å². The zero-order chi connectivity index (χ0) is 28.8. The van der Waals surface area contributed by atoms with Gasteiger partial charge in [-0.15, -0.1) is 10.2 Å². The van der Waals surface area contributed by atoms with Gasteiger partial charge in [0.1, 0.15) is 12.3 Å². The number of hydrogen-bond donors (Lipinski definition) is 3. The third-order valence-corrected chi connectivity index (χ3v) is 6.68. The second-order valence-corrected chi connectivity index (χ2v) is 9.93. The Balaban J connectivity index is 0.00000253. The molecule has 0 bridgehead atoms. The Hall–Kier alpha value is -4.22. The van der Waals surface area contributed by atoms with Gasteiger partial charge in [-0.2, -0.15) is 18.6 Å². The van der Waals surface area contributed by atoms with Crippen molar-refractivity contribution in [1.29, 1.82) is 0 Å². The molecule has 0 aliphatic carbocycles. The van der Waals surface area contributed by atoms with Crippen molar-refractivity contribution in [2.24, 2.45) is 0 Å². The zero-order valence-electron chi connectivity index (χ0n) is 23.7. The molecule has 15 nitrogen and oxygen atoms in total. The van der Waals surface area contributed by atoms with Crippen LogP contribution in [0, 0.1) is 6.92 Å². The van der Waals surface area contributed by atoms with E-state index >= 15 is 0 Å². The Morgan fingerprint density at radius 3 is 2.55 bits per heavy atom. The number of H-pyrrole nitrogens is 1. The van der Waals surface area contributed by atoms with Crippen LogP contribution in [0.1, 0.15) is 6.99 Å². The molecular formula is C25H24N9NaO6S. The summed E-state index contributed by atoms with van der Waals surface area (Å²) in [6, 6.07) is 12.9. The minimum Gasteiger partial charge on any atom is -1.00 e. The maximum absolute atomic E-state index is 13.4. The summed E-state index contributed by atoms with van der Waals surface area (Å²) in [5, 5.41) is 23.0. The van der Waals surface area contributed by atoms with E-state index < -0.39 is 10.0 Å². The average Bonchev–Trinajstić information content (AvgIpc) is 3.53. The van der Waals surface area contributed by atoms with Gasteiger partial charge in [0.05, 0.1) is 13.7 Å². The first-order chi connectivity index (χ1) is 19.9. The first-order valence-corrected chi connectivity index (χ1v) is 13.5. The number of pyridine rings is 2. The number of aliphatic hydroxyl groups excluding tert-OH is 1. The molecule has 0 aliphatic rings. The van der Waals surface area contributed by atoms with Crippen molar-refractivity contribution in [2.45, 2.75) is 11.9 Å². The van der Waals surface area contributed by atoms with E-state index in [4.69, 9.17) is 14.2 Å². The topological polar surface area (TPSA) is 200 Å².